The van der Waals surface area contributed by atoms with Gasteiger partial charge in [0.25, 0.3) is 0 Å². The lowest BCUT2D eigenvalue weighted by atomic mass is 9.87. The van der Waals surface area contributed by atoms with Crippen molar-refractivity contribution in [2.24, 2.45) is 13.0 Å². The Morgan fingerprint density at radius 2 is 1.68 bits per heavy atom. The number of rotatable bonds is 6. The maximum absolute atomic E-state index is 11.9. The van der Waals surface area contributed by atoms with Crippen molar-refractivity contribution >= 4 is 20.9 Å². The zero-order valence-corrected chi connectivity index (χ0v) is 24.6. The van der Waals surface area contributed by atoms with Crippen LogP contribution in [0.4, 0.5) is 0 Å². The Balaban J connectivity index is 1.29. The van der Waals surface area contributed by atoms with Gasteiger partial charge in [-0.05, 0) is 119 Å². The van der Waals surface area contributed by atoms with Crippen LogP contribution in [0.2, 0.25) is 0 Å². The number of hydrogen-bond donors (Lipinski definition) is 0. The van der Waals surface area contributed by atoms with Crippen molar-refractivity contribution in [3.05, 3.63) is 47.5 Å². The van der Waals surface area contributed by atoms with Gasteiger partial charge in [-0.3, -0.25) is 0 Å². The van der Waals surface area contributed by atoms with Crippen molar-refractivity contribution in [2.75, 3.05) is 39.0 Å². The molecule has 2 aromatic carbocycles. The van der Waals surface area contributed by atoms with E-state index < -0.39 is 9.84 Å². The average molecular weight is 537 g/mol. The second-order valence-electron chi connectivity index (χ2n) is 12.1. The lowest BCUT2D eigenvalue weighted by Crippen LogP contribution is -2.41. The van der Waals surface area contributed by atoms with Crippen LogP contribution in [0.15, 0.2) is 41.3 Å². The monoisotopic (exact) mass is 536 g/mol. The fourth-order valence-corrected chi connectivity index (χ4v) is 7.26. The van der Waals surface area contributed by atoms with Crippen LogP contribution in [0.25, 0.3) is 22.4 Å². The Kier molecular flexibility index (Phi) is 7.99. The van der Waals surface area contributed by atoms with Crippen LogP contribution in [0, 0.1) is 12.8 Å². The molecular weight excluding hydrogens is 492 g/mol. The smallest absolute Gasteiger partial charge is 0.175 e. The highest BCUT2D eigenvalue weighted by Crippen LogP contribution is 2.35. The summed E-state index contributed by atoms with van der Waals surface area (Å²) in [5.74, 6) is 2.21. The number of hydrogen-bond acceptors (Lipinski definition) is 5. The SMILES string of the molecule is Cc1cc(C2CCN(C3CCCN(CC(C)C)CC3)CC2)cc2c1nc(-c1ccc(S(C)(=O)=O)cc1)n2C. The highest BCUT2D eigenvalue weighted by molar-refractivity contribution is 7.90. The third-order valence-electron chi connectivity index (χ3n) is 8.67. The number of piperidine rings is 1. The van der Waals surface area contributed by atoms with Gasteiger partial charge in [-0.1, -0.05) is 19.9 Å². The summed E-state index contributed by atoms with van der Waals surface area (Å²) >= 11 is 0. The third-order valence-corrected chi connectivity index (χ3v) is 9.80. The Morgan fingerprint density at radius 3 is 2.34 bits per heavy atom. The van der Waals surface area contributed by atoms with Crippen molar-refractivity contribution in [3.8, 4) is 11.4 Å². The minimum Gasteiger partial charge on any atom is -0.327 e. The molecule has 0 amide bonds. The van der Waals surface area contributed by atoms with E-state index in [0.717, 1.165) is 34.4 Å². The van der Waals surface area contributed by atoms with Crippen molar-refractivity contribution < 1.29 is 8.42 Å². The summed E-state index contributed by atoms with van der Waals surface area (Å²) in [4.78, 5) is 10.8. The van der Waals surface area contributed by atoms with Crippen LogP contribution in [0.3, 0.4) is 0 Å². The molecule has 1 atom stereocenters. The van der Waals surface area contributed by atoms with Crippen LogP contribution in [-0.4, -0.2) is 72.8 Å². The first-order valence-electron chi connectivity index (χ1n) is 14.3. The fourth-order valence-electron chi connectivity index (χ4n) is 6.63. The summed E-state index contributed by atoms with van der Waals surface area (Å²) in [6, 6.07) is 12.5. The summed E-state index contributed by atoms with van der Waals surface area (Å²) in [5, 5.41) is 0. The van der Waals surface area contributed by atoms with Crippen molar-refractivity contribution in [1.82, 2.24) is 19.4 Å². The molecule has 38 heavy (non-hydrogen) atoms. The third kappa shape index (κ3) is 5.85. The number of aryl methyl sites for hydroxylation is 2. The van der Waals surface area contributed by atoms with Gasteiger partial charge < -0.3 is 14.4 Å². The molecule has 2 aliphatic heterocycles. The van der Waals surface area contributed by atoms with E-state index in [0.29, 0.717) is 10.8 Å². The molecule has 2 saturated heterocycles. The van der Waals surface area contributed by atoms with Crippen LogP contribution in [0.1, 0.15) is 63.0 Å². The van der Waals surface area contributed by atoms with Gasteiger partial charge in [-0.15, -0.1) is 0 Å². The van der Waals surface area contributed by atoms with Crippen LogP contribution < -0.4 is 0 Å². The van der Waals surface area contributed by atoms with Crippen molar-refractivity contribution in [3.63, 3.8) is 0 Å². The molecule has 3 aromatic rings. The lowest BCUT2D eigenvalue weighted by Gasteiger charge is -2.37. The van der Waals surface area contributed by atoms with Crippen LogP contribution >= 0.6 is 0 Å². The molecule has 5 rings (SSSR count). The summed E-state index contributed by atoms with van der Waals surface area (Å²) in [6.45, 7) is 13.0. The van der Waals surface area contributed by atoms with Gasteiger partial charge in [0, 0.05) is 31.5 Å². The number of likely N-dealkylation sites (tertiary alicyclic amines) is 2. The second-order valence-corrected chi connectivity index (χ2v) is 14.1. The van der Waals surface area contributed by atoms with E-state index in [9.17, 15) is 8.42 Å². The molecule has 1 aromatic heterocycles. The molecule has 0 aliphatic carbocycles. The average Bonchev–Trinajstić information content (AvgIpc) is 3.05. The van der Waals surface area contributed by atoms with Gasteiger partial charge in [0.15, 0.2) is 9.84 Å². The van der Waals surface area contributed by atoms with E-state index in [2.05, 4.69) is 54.3 Å². The van der Waals surface area contributed by atoms with Crippen LogP contribution in [0.5, 0.6) is 0 Å². The summed E-state index contributed by atoms with van der Waals surface area (Å²) in [7, 11) is -1.15. The molecule has 0 bridgehead atoms. The summed E-state index contributed by atoms with van der Waals surface area (Å²) < 4.78 is 25.9. The molecule has 0 radical (unpaired) electrons. The zero-order chi connectivity index (χ0) is 27.0. The van der Waals surface area contributed by atoms with E-state index in [1.54, 1.807) is 12.1 Å². The number of benzene rings is 2. The van der Waals surface area contributed by atoms with E-state index in [4.69, 9.17) is 4.98 Å². The molecule has 0 spiro atoms. The minimum absolute atomic E-state index is 0.335. The summed E-state index contributed by atoms with van der Waals surface area (Å²) in [5.41, 5.74) is 5.75. The van der Waals surface area contributed by atoms with E-state index in [-0.39, 0.29) is 0 Å². The molecule has 2 aliphatic rings. The highest BCUT2D eigenvalue weighted by Gasteiger charge is 2.28. The molecule has 0 saturated carbocycles. The van der Waals surface area contributed by atoms with Crippen molar-refractivity contribution in [2.45, 2.75) is 69.7 Å². The topological polar surface area (TPSA) is 58.4 Å². The molecule has 1 unspecified atom stereocenters. The molecule has 7 heteroatoms. The molecule has 6 nitrogen and oxygen atoms in total. The van der Waals surface area contributed by atoms with E-state index in [1.165, 1.54) is 82.2 Å². The van der Waals surface area contributed by atoms with Gasteiger partial charge in [-0.25, -0.2) is 13.4 Å². The zero-order valence-electron chi connectivity index (χ0n) is 23.8. The van der Waals surface area contributed by atoms with Crippen molar-refractivity contribution in [1.29, 1.82) is 0 Å². The first-order valence-corrected chi connectivity index (χ1v) is 16.2. The van der Waals surface area contributed by atoms with Gasteiger partial charge in [0.1, 0.15) is 5.82 Å². The number of nitrogens with zero attached hydrogens (tertiary/aromatic N) is 4. The normalized spacial score (nSPS) is 20.8. The predicted molar refractivity (Wildman–Crippen MR) is 156 cm³/mol. The first-order chi connectivity index (χ1) is 18.1. The molecule has 2 fully saturated rings. The van der Waals surface area contributed by atoms with Gasteiger partial charge in [0.2, 0.25) is 0 Å². The van der Waals surface area contributed by atoms with E-state index >= 15 is 0 Å². The number of aromatic nitrogens is 2. The standard InChI is InChI=1S/C31H44N4O2S/c1-22(2)21-34-15-6-7-27(14-16-34)35-17-12-24(13-18-35)26-19-23(3)30-29(20-26)33(4)31(32-30)25-8-10-28(11-9-25)38(5,36)37/h8-11,19-20,22,24,27H,6-7,12-18,21H2,1-5H3. The Labute approximate surface area is 229 Å². The lowest BCUT2D eigenvalue weighted by molar-refractivity contribution is 0.137. The molecule has 206 valence electrons. The van der Waals surface area contributed by atoms with Crippen LogP contribution in [-0.2, 0) is 16.9 Å². The largest absolute Gasteiger partial charge is 0.327 e. The highest BCUT2D eigenvalue weighted by atomic mass is 32.2. The minimum atomic E-state index is -3.21. The Bertz CT molecular complexity index is 1370. The number of sulfone groups is 1. The van der Waals surface area contributed by atoms with E-state index in [1.807, 2.05) is 12.1 Å². The van der Waals surface area contributed by atoms with Gasteiger partial charge >= 0.3 is 0 Å². The maximum Gasteiger partial charge on any atom is 0.175 e. The quantitative estimate of drug-likeness (QED) is 0.408. The van der Waals surface area contributed by atoms with Gasteiger partial charge in [-0.2, -0.15) is 0 Å². The Hall–Kier alpha value is -2.22. The molecular formula is C31H44N4O2S. The predicted octanol–water partition coefficient (Wildman–Crippen LogP) is 5.64. The Morgan fingerprint density at radius 1 is 0.974 bits per heavy atom. The first kappa shape index (κ1) is 27.4. The fraction of sp³-hybridized carbons (Fsp3) is 0.581. The van der Waals surface area contributed by atoms with Gasteiger partial charge in [0.05, 0.1) is 15.9 Å². The maximum atomic E-state index is 11.9. The molecule has 0 N–H and O–H groups in total. The molecule has 3 heterocycles. The summed E-state index contributed by atoms with van der Waals surface area (Å²) in [6.07, 6.45) is 7.65. The second kappa shape index (κ2) is 11.1. The number of fused-ring (bicyclic) bond motifs is 1. The number of imidazole rings is 1.